The summed E-state index contributed by atoms with van der Waals surface area (Å²) in [5.41, 5.74) is 4.62. The van der Waals surface area contributed by atoms with Gasteiger partial charge in [-0.3, -0.25) is 14.8 Å². The Morgan fingerprint density at radius 2 is 1.74 bits per heavy atom. The maximum atomic E-state index is 11.7. The lowest BCUT2D eigenvalue weighted by Gasteiger charge is -2.37. The number of anilines is 1. The van der Waals surface area contributed by atoms with Crippen molar-refractivity contribution in [1.82, 2.24) is 20.7 Å². The van der Waals surface area contributed by atoms with Crippen molar-refractivity contribution < 1.29 is 4.79 Å². The molecule has 1 aromatic heterocycles. The highest BCUT2D eigenvalue weighted by Crippen LogP contribution is 2.19. The van der Waals surface area contributed by atoms with E-state index in [-0.39, 0.29) is 43.1 Å². The zero-order valence-electron chi connectivity index (χ0n) is 12.8. The fourth-order valence-electron chi connectivity index (χ4n) is 2.78. The molecule has 0 aliphatic carbocycles. The number of nitrogens with one attached hydrogen (secondary N) is 2. The van der Waals surface area contributed by atoms with Gasteiger partial charge in [0.1, 0.15) is 0 Å². The van der Waals surface area contributed by atoms with Gasteiger partial charge < -0.3 is 10.2 Å². The first-order chi connectivity index (χ1) is 9.83. The zero-order valence-corrected chi connectivity index (χ0v) is 15.3. The van der Waals surface area contributed by atoms with E-state index < -0.39 is 0 Å². The molecule has 0 radical (unpaired) electrons. The van der Waals surface area contributed by atoms with Gasteiger partial charge in [0.2, 0.25) is 0 Å². The minimum atomic E-state index is 0. The highest BCUT2D eigenvalue weighted by molar-refractivity contribution is 5.86. The lowest BCUT2D eigenvalue weighted by molar-refractivity contribution is -0.136. The Morgan fingerprint density at radius 1 is 1.09 bits per heavy atom. The van der Waals surface area contributed by atoms with Gasteiger partial charge >= 0.3 is 0 Å². The highest BCUT2D eigenvalue weighted by Gasteiger charge is 2.24. The quantitative estimate of drug-likeness (QED) is 0.821. The number of piperazine rings is 1. The van der Waals surface area contributed by atoms with Crippen LogP contribution < -0.4 is 15.6 Å². The van der Waals surface area contributed by atoms with Crippen LogP contribution in [-0.4, -0.2) is 54.7 Å². The monoisotopic (exact) mass is 383 g/mol. The number of halogens is 3. The first kappa shape index (κ1) is 22.2. The van der Waals surface area contributed by atoms with Gasteiger partial charge in [-0.05, 0) is 25.0 Å². The van der Waals surface area contributed by atoms with E-state index >= 15 is 0 Å². The molecule has 2 aliphatic rings. The van der Waals surface area contributed by atoms with Crippen LogP contribution in [-0.2, 0) is 4.79 Å². The molecule has 0 atom stereocenters. The van der Waals surface area contributed by atoms with Crippen LogP contribution in [0.2, 0.25) is 0 Å². The molecule has 2 saturated heterocycles. The fraction of sp³-hybridized carbons (Fsp3) is 0.571. The van der Waals surface area contributed by atoms with Crippen LogP contribution >= 0.6 is 37.2 Å². The molecular formula is C14H24Cl3N5O. The molecule has 0 unspecified atom stereocenters. The Labute approximate surface area is 155 Å². The topological polar surface area (TPSA) is 60.5 Å². The molecule has 2 aliphatic heterocycles. The van der Waals surface area contributed by atoms with Crippen molar-refractivity contribution >= 4 is 48.8 Å². The van der Waals surface area contributed by atoms with E-state index in [1.807, 2.05) is 24.5 Å². The lowest BCUT2D eigenvalue weighted by Crippen LogP contribution is -2.58. The number of hydrogen-bond acceptors (Lipinski definition) is 5. The SMILES string of the molecule is Cl.Cl.Cl.O=C1CNCCN1NC1CCN(c2ccncc2)CC1. The van der Waals surface area contributed by atoms with Crippen molar-refractivity contribution in [2.24, 2.45) is 0 Å². The van der Waals surface area contributed by atoms with Crippen molar-refractivity contribution in [1.29, 1.82) is 0 Å². The van der Waals surface area contributed by atoms with Gasteiger partial charge in [0.25, 0.3) is 5.91 Å². The molecule has 3 heterocycles. The van der Waals surface area contributed by atoms with Crippen molar-refractivity contribution in [2.75, 3.05) is 37.6 Å². The predicted molar refractivity (Wildman–Crippen MR) is 98.9 cm³/mol. The van der Waals surface area contributed by atoms with E-state index in [0.717, 1.165) is 39.0 Å². The Morgan fingerprint density at radius 3 is 2.35 bits per heavy atom. The molecule has 0 saturated carbocycles. The molecule has 2 N–H and O–H groups in total. The second-order valence-electron chi connectivity index (χ2n) is 5.32. The number of rotatable bonds is 3. The fourth-order valence-corrected chi connectivity index (χ4v) is 2.78. The molecule has 1 amide bonds. The summed E-state index contributed by atoms with van der Waals surface area (Å²) in [5.74, 6) is 0.146. The summed E-state index contributed by atoms with van der Waals surface area (Å²) in [4.78, 5) is 18.2. The van der Waals surface area contributed by atoms with Crippen LogP contribution in [0.5, 0.6) is 0 Å². The van der Waals surface area contributed by atoms with E-state index in [4.69, 9.17) is 0 Å². The summed E-state index contributed by atoms with van der Waals surface area (Å²) in [6, 6.07) is 4.50. The van der Waals surface area contributed by atoms with Crippen LogP contribution in [0.4, 0.5) is 5.69 Å². The highest BCUT2D eigenvalue weighted by atomic mass is 35.5. The molecule has 0 aromatic carbocycles. The molecule has 23 heavy (non-hydrogen) atoms. The Kier molecular flexibility index (Phi) is 10.5. The summed E-state index contributed by atoms with van der Waals surface area (Å²) in [6.07, 6.45) is 5.78. The van der Waals surface area contributed by atoms with Gasteiger partial charge in [-0.25, -0.2) is 5.43 Å². The third kappa shape index (κ3) is 5.97. The Balaban J connectivity index is 0.00000161. The average Bonchev–Trinajstić information content (AvgIpc) is 2.51. The van der Waals surface area contributed by atoms with E-state index in [2.05, 4.69) is 20.6 Å². The number of carbonyl (C=O) groups is 1. The minimum Gasteiger partial charge on any atom is -0.371 e. The van der Waals surface area contributed by atoms with Crippen LogP contribution in [0, 0.1) is 0 Å². The van der Waals surface area contributed by atoms with Crippen LogP contribution in [0.15, 0.2) is 24.5 Å². The molecule has 2 fully saturated rings. The number of aromatic nitrogens is 1. The predicted octanol–water partition coefficient (Wildman–Crippen LogP) is 1.25. The number of carbonyl (C=O) groups excluding carboxylic acids is 1. The van der Waals surface area contributed by atoms with Crippen molar-refractivity contribution in [3.63, 3.8) is 0 Å². The van der Waals surface area contributed by atoms with Crippen molar-refractivity contribution in [3.8, 4) is 0 Å². The summed E-state index contributed by atoms with van der Waals surface area (Å²) < 4.78 is 0. The van der Waals surface area contributed by atoms with Gasteiger partial charge in [-0.15, -0.1) is 37.2 Å². The maximum absolute atomic E-state index is 11.7. The van der Waals surface area contributed by atoms with Crippen LogP contribution in [0.1, 0.15) is 12.8 Å². The Bertz CT molecular complexity index is 457. The van der Waals surface area contributed by atoms with Crippen LogP contribution in [0.3, 0.4) is 0 Å². The van der Waals surface area contributed by atoms with Crippen molar-refractivity contribution in [3.05, 3.63) is 24.5 Å². The number of amides is 1. The lowest BCUT2D eigenvalue weighted by atomic mass is 10.1. The molecule has 0 spiro atoms. The molecule has 132 valence electrons. The molecule has 9 heteroatoms. The third-order valence-corrected chi connectivity index (χ3v) is 3.95. The standard InChI is InChI=1S/C14H21N5O.3ClH/c20-14-11-16-7-10-19(14)17-12-3-8-18(9-4-12)13-1-5-15-6-2-13;;;/h1-2,5-6,12,16-17H,3-4,7-11H2;3*1H. The zero-order chi connectivity index (χ0) is 13.8. The number of hydrazine groups is 1. The minimum absolute atomic E-state index is 0. The Hall–Kier alpha value is -0.790. The van der Waals surface area contributed by atoms with E-state index in [9.17, 15) is 4.79 Å². The summed E-state index contributed by atoms with van der Waals surface area (Å²) in [5, 5.41) is 4.87. The smallest absolute Gasteiger partial charge is 0.250 e. The molecule has 1 aromatic rings. The molecule has 0 bridgehead atoms. The summed E-state index contributed by atoms with van der Waals surface area (Å²) in [6.45, 7) is 4.10. The normalized spacial score (nSPS) is 18.5. The summed E-state index contributed by atoms with van der Waals surface area (Å²) in [7, 11) is 0. The summed E-state index contributed by atoms with van der Waals surface area (Å²) >= 11 is 0. The van der Waals surface area contributed by atoms with E-state index in [1.165, 1.54) is 5.69 Å². The largest absolute Gasteiger partial charge is 0.371 e. The first-order valence-electron chi connectivity index (χ1n) is 7.25. The van der Waals surface area contributed by atoms with Gasteiger partial charge in [0.15, 0.2) is 0 Å². The van der Waals surface area contributed by atoms with Gasteiger partial charge in [0.05, 0.1) is 6.54 Å². The van der Waals surface area contributed by atoms with Gasteiger partial charge in [0, 0.05) is 50.3 Å². The first-order valence-corrected chi connectivity index (χ1v) is 7.25. The van der Waals surface area contributed by atoms with Gasteiger partial charge in [-0.2, -0.15) is 0 Å². The third-order valence-electron chi connectivity index (χ3n) is 3.95. The number of hydrogen-bond donors (Lipinski definition) is 2. The molecular weight excluding hydrogens is 361 g/mol. The number of nitrogens with zero attached hydrogens (tertiary/aromatic N) is 3. The number of pyridine rings is 1. The van der Waals surface area contributed by atoms with Crippen LogP contribution in [0.25, 0.3) is 0 Å². The average molecular weight is 385 g/mol. The van der Waals surface area contributed by atoms with E-state index in [1.54, 1.807) is 5.01 Å². The second kappa shape index (κ2) is 10.9. The van der Waals surface area contributed by atoms with Gasteiger partial charge in [-0.1, -0.05) is 0 Å². The number of piperidine rings is 1. The van der Waals surface area contributed by atoms with Crippen molar-refractivity contribution in [2.45, 2.75) is 18.9 Å². The molecule has 6 nitrogen and oxygen atoms in total. The van der Waals surface area contributed by atoms with E-state index in [0.29, 0.717) is 12.6 Å². The second-order valence-corrected chi connectivity index (χ2v) is 5.32. The molecule has 3 rings (SSSR count). The maximum Gasteiger partial charge on any atom is 0.250 e.